The van der Waals surface area contributed by atoms with Crippen LogP contribution < -0.4 is 0 Å². The quantitative estimate of drug-likeness (QED) is 0.357. The summed E-state index contributed by atoms with van der Waals surface area (Å²) < 4.78 is 2.33. The molecule has 28 heavy (non-hydrogen) atoms. The van der Waals surface area contributed by atoms with Crippen LogP contribution in [0.5, 0.6) is 0 Å². The van der Waals surface area contributed by atoms with Gasteiger partial charge in [-0.1, -0.05) is 78.9 Å². The average molecular weight is 358 g/mol. The third kappa shape index (κ3) is 2.18. The summed E-state index contributed by atoms with van der Waals surface area (Å²) >= 11 is 0. The van der Waals surface area contributed by atoms with Crippen molar-refractivity contribution in [1.82, 2.24) is 9.55 Å². The molecule has 0 fully saturated rings. The highest BCUT2D eigenvalue weighted by atomic mass is 15.1. The predicted molar refractivity (Wildman–Crippen MR) is 115 cm³/mol. The third-order valence-electron chi connectivity index (χ3n) is 5.64. The number of fused-ring (bicyclic) bond motifs is 5. The second-order valence-electron chi connectivity index (χ2n) is 7.27. The minimum atomic E-state index is 0.954. The number of hydrogen-bond donors (Lipinski definition) is 0. The zero-order chi connectivity index (χ0) is 18.5. The van der Waals surface area contributed by atoms with Gasteiger partial charge in [0, 0.05) is 17.7 Å². The predicted octanol–water partition coefficient (Wildman–Crippen LogP) is 6.26. The lowest BCUT2D eigenvalue weighted by Gasteiger charge is -2.12. The van der Waals surface area contributed by atoms with Crippen LogP contribution in [0, 0.1) is 0 Å². The van der Waals surface area contributed by atoms with Crippen LogP contribution in [-0.4, -0.2) is 9.55 Å². The van der Waals surface area contributed by atoms with Crippen LogP contribution in [0.25, 0.3) is 39.2 Å². The van der Waals surface area contributed by atoms with Crippen molar-refractivity contribution < 1.29 is 0 Å². The summed E-state index contributed by atoms with van der Waals surface area (Å²) in [6.07, 6.45) is 0.954. The maximum atomic E-state index is 5.06. The van der Waals surface area contributed by atoms with Crippen molar-refractivity contribution in [1.29, 1.82) is 0 Å². The molecule has 1 aliphatic rings. The number of aromatic nitrogens is 2. The maximum absolute atomic E-state index is 5.06. The molecule has 0 aliphatic heterocycles. The Morgan fingerprint density at radius 1 is 0.643 bits per heavy atom. The zero-order valence-corrected chi connectivity index (χ0v) is 15.3. The molecule has 0 radical (unpaired) electrons. The highest BCUT2D eigenvalue weighted by Crippen LogP contribution is 2.42. The van der Waals surface area contributed by atoms with Crippen LogP contribution in [0.2, 0.25) is 0 Å². The van der Waals surface area contributed by atoms with Gasteiger partial charge in [-0.05, 0) is 40.5 Å². The number of para-hydroxylation sites is 1. The van der Waals surface area contributed by atoms with Gasteiger partial charge in [0.25, 0.3) is 0 Å². The van der Waals surface area contributed by atoms with Gasteiger partial charge in [-0.3, -0.25) is 4.57 Å². The van der Waals surface area contributed by atoms with Crippen molar-refractivity contribution in [2.24, 2.45) is 0 Å². The van der Waals surface area contributed by atoms with Crippen LogP contribution in [-0.2, 0) is 6.42 Å². The van der Waals surface area contributed by atoms with Gasteiger partial charge in [-0.15, -0.1) is 0 Å². The fraction of sp³-hybridized carbons (Fsp3) is 0.0385. The summed E-state index contributed by atoms with van der Waals surface area (Å²) in [5.74, 6) is 0.992. The maximum Gasteiger partial charge on any atom is 0.145 e. The van der Waals surface area contributed by atoms with E-state index in [2.05, 4.69) is 95.6 Å². The molecular weight excluding hydrogens is 340 g/mol. The van der Waals surface area contributed by atoms with E-state index in [0.29, 0.717) is 0 Å². The van der Waals surface area contributed by atoms with Crippen LogP contribution in [0.15, 0.2) is 97.1 Å². The molecule has 0 bridgehead atoms. The summed E-state index contributed by atoms with van der Waals surface area (Å²) in [6, 6.07) is 34.2. The molecule has 2 nitrogen and oxygen atoms in total. The molecule has 1 aliphatic carbocycles. The highest BCUT2D eigenvalue weighted by Gasteiger charge is 2.24. The van der Waals surface area contributed by atoms with Crippen molar-refractivity contribution in [3.05, 3.63) is 108 Å². The number of rotatable bonds is 2. The molecular formula is C26H18N2. The minimum Gasteiger partial charge on any atom is -0.292 e. The minimum absolute atomic E-state index is 0.954. The summed E-state index contributed by atoms with van der Waals surface area (Å²) in [4.78, 5) is 5.06. The van der Waals surface area contributed by atoms with Crippen LogP contribution in [0.3, 0.4) is 0 Å². The van der Waals surface area contributed by atoms with Crippen LogP contribution in [0.1, 0.15) is 11.1 Å². The van der Waals surface area contributed by atoms with E-state index >= 15 is 0 Å². The van der Waals surface area contributed by atoms with Gasteiger partial charge in [0.2, 0.25) is 0 Å². The fourth-order valence-corrected chi connectivity index (χ4v) is 4.40. The first-order chi connectivity index (χ1) is 13.9. The topological polar surface area (TPSA) is 17.8 Å². The first kappa shape index (κ1) is 15.4. The first-order valence-corrected chi connectivity index (χ1v) is 9.63. The molecule has 0 N–H and O–H groups in total. The Balaban J connectivity index is 1.72. The summed E-state index contributed by atoms with van der Waals surface area (Å²) in [5.41, 5.74) is 10.00. The Morgan fingerprint density at radius 3 is 2.18 bits per heavy atom. The van der Waals surface area contributed by atoms with Crippen LogP contribution in [0.4, 0.5) is 0 Å². The van der Waals surface area contributed by atoms with E-state index in [0.717, 1.165) is 29.0 Å². The van der Waals surface area contributed by atoms with E-state index in [1.165, 1.54) is 27.8 Å². The Bertz CT molecular complexity index is 1320. The fourth-order valence-electron chi connectivity index (χ4n) is 4.40. The molecule has 5 aromatic rings. The normalized spacial score (nSPS) is 12.1. The van der Waals surface area contributed by atoms with Gasteiger partial charge in [-0.2, -0.15) is 0 Å². The van der Waals surface area contributed by atoms with E-state index in [9.17, 15) is 0 Å². The Hall–Kier alpha value is -3.65. The molecule has 2 heteroatoms. The zero-order valence-electron chi connectivity index (χ0n) is 15.3. The van der Waals surface area contributed by atoms with E-state index in [1.807, 2.05) is 6.07 Å². The van der Waals surface area contributed by atoms with Crippen molar-refractivity contribution >= 4 is 11.0 Å². The van der Waals surface area contributed by atoms with Crippen molar-refractivity contribution in [3.8, 4) is 28.2 Å². The number of imidazole rings is 1. The molecule has 4 aromatic carbocycles. The summed E-state index contributed by atoms with van der Waals surface area (Å²) in [7, 11) is 0. The third-order valence-corrected chi connectivity index (χ3v) is 5.64. The molecule has 0 unspecified atom stereocenters. The number of nitrogens with zero attached hydrogens (tertiary/aromatic N) is 2. The monoisotopic (exact) mass is 358 g/mol. The molecule has 0 atom stereocenters. The van der Waals surface area contributed by atoms with Crippen molar-refractivity contribution in [2.75, 3.05) is 0 Å². The van der Waals surface area contributed by atoms with Gasteiger partial charge < -0.3 is 0 Å². The van der Waals surface area contributed by atoms with Gasteiger partial charge in [0.1, 0.15) is 5.82 Å². The second kappa shape index (κ2) is 5.93. The molecule has 0 spiro atoms. The second-order valence-corrected chi connectivity index (χ2v) is 7.27. The number of hydrogen-bond acceptors (Lipinski definition) is 1. The molecule has 0 amide bonds. The SMILES string of the molecule is c1ccc(-c2nc3ccc4c(c3n2-c2ccccc2)Cc2ccccc2-4)cc1. The standard InChI is InChI=1S/C26H18N2/c1-3-9-18(10-4-1)26-27-24-16-15-22-21-14-8-7-11-19(21)17-23(22)25(24)28(26)20-12-5-2-6-13-20/h1-16H,17H2. The van der Waals surface area contributed by atoms with E-state index in [4.69, 9.17) is 4.98 Å². The summed E-state index contributed by atoms with van der Waals surface area (Å²) in [6.45, 7) is 0. The molecule has 6 rings (SSSR count). The van der Waals surface area contributed by atoms with Gasteiger partial charge in [0.15, 0.2) is 0 Å². The van der Waals surface area contributed by atoms with E-state index in [1.54, 1.807) is 0 Å². The lowest BCUT2D eigenvalue weighted by Crippen LogP contribution is -1.99. The smallest absolute Gasteiger partial charge is 0.145 e. The molecule has 132 valence electrons. The average Bonchev–Trinajstić information content (AvgIpc) is 3.33. The van der Waals surface area contributed by atoms with Gasteiger partial charge in [0.05, 0.1) is 11.0 Å². The number of benzene rings is 4. The Labute approximate surface area is 163 Å². The van der Waals surface area contributed by atoms with Crippen LogP contribution >= 0.6 is 0 Å². The first-order valence-electron chi connectivity index (χ1n) is 9.63. The van der Waals surface area contributed by atoms with Crippen molar-refractivity contribution in [3.63, 3.8) is 0 Å². The molecule has 0 saturated heterocycles. The largest absolute Gasteiger partial charge is 0.292 e. The lowest BCUT2D eigenvalue weighted by atomic mass is 10.0. The highest BCUT2D eigenvalue weighted by molar-refractivity contribution is 5.94. The lowest BCUT2D eigenvalue weighted by molar-refractivity contribution is 1.09. The Morgan fingerprint density at radius 2 is 1.36 bits per heavy atom. The van der Waals surface area contributed by atoms with Gasteiger partial charge in [-0.25, -0.2) is 4.98 Å². The van der Waals surface area contributed by atoms with Crippen molar-refractivity contribution in [2.45, 2.75) is 6.42 Å². The summed E-state index contributed by atoms with van der Waals surface area (Å²) in [5, 5.41) is 0. The molecule has 1 aromatic heterocycles. The molecule has 0 saturated carbocycles. The van der Waals surface area contributed by atoms with E-state index in [-0.39, 0.29) is 0 Å². The Kier molecular flexibility index (Phi) is 3.26. The molecule has 1 heterocycles. The van der Waals surface area contributed by atoms with E-state index < -0.39 is 0 Å². The van der Waals surface area contributed by atoms with Gasteiger partial charge >= 0.3 is 0 Å².